The van der Waals surface area contributed by atoms with E-state index in [0.29, 0.717) is 6.04 Å². The Morgan fingerprint density at radius 3 is 2.83 bits per heavy atom. The lowest BCUT2D eigenvalue weighted by Gasteiger charge is -2.13. The molecule has 1 aromatic rings. The van der Waals surface area contributed by atoms with E-state index in [4.69, 9.17) is 4.74 Å². The Kier molecular flexibility index (Phi) is 7.36. The lowest BCUT2D eigenvalue weighted by Crippen LogP contribution is -2.26. The molecule has 0 bridgehead atoms. The largest absolute Gasteiger partial charge is 0.497 e. The molecule has 1 rings (SSSR count). The van der Waals surface area contributed by atoms with Gasteiger partial charge < -0.3 is 10.1 Å². The standard InChI is InChI=1S/C15H24BrNO/c1-4-10-17-12(2)6-5-7-13-11-14(18-3)8-9-15(13)16/h8-9,11-12,17H,4-7,10H2,1-3H3. The van der Waals surface area contributed by atoms with Crippen LogP contribution in [0.3, 0.4) is 0 Å². The van der Waals surface area contributed by atoms with E-state index in [2.05, 4.69) is 47.2 Å². The molecule has 0 fully saturated rings. The van der Waals surface area contributed by atoms with Crippen molar-refractivity contribution in [1.29, 1.82) is 0 Å². The highest BCUT2D eigenvalue weighted by atomic mass is 79.9. The summed E-state index contributed by atoms with van der Waals surface area (Å²) in [6, 6.07) is 6.77. The van der Waals surface area contributed by atoms with Gasteiger partial charge in [0.1, 0.15) is 5.75 Å². The van der Waals surface area contributed by atoms with Gasteiger partial charge in [-0.2, -0.15) is 0 Å². The average molecular weight is 314 g/mol. The number of halogens is 1. The molecule has 0 heterocycles. The zero-order valence-corrected chi connectivity index (χ0v) is 13.2. The fourth-order valence-corrected chi connectivity index (χ4v) is 2.41. The minimum absolute atomic E-state index is 0.606. The molecular weight excluding hydrogens is 290 g/mol. The summed E-state index contributed by atoms with van der Waals surface area (Å²) in [6.45, 7) is 5.58. The maximum atomic E-state index is 5.26. The van der Waals surface area contributed by atoms with Crippen LogP contribution in [0, 0.1) is 0 Å². The first kappa shape index (κ1) is 15.5. The summed E-state index contributed by atoms with van der Waals surface area (Å²) in [5, 5.41) is 3.52. The maximum absolute atomic E-state index is 5.26. The Labute approximate surface area is 119 Å². The Bertz CT molecular complexity index is 354. The van der Waals surface area contributed by atoms with Crippen LogP contribution in [0.15, 0.2) is 22.7 Å². The molecular formula is C15H24BrNO. The number of hydrogen-bond acceptors (Lipinski definition) is 2. The van der Waals surface area contributed by atoms with Crippen LogP contribution >= 0.6 is 15.9 Å². The summed E-state index contributed by atoms with van der Waals surface area (Å²) in [7, 11) is 1.71. The van der Waals surface area contributed by atoms with Crippen molar-refractivity contribution < 1.29 is 4.74 Å². The van der Waals surface area contributed by atoms with E-state index >= 15 is 0 Å². The lowest BCUT2D eigenvalue weighted by molar-refractivity contribution is 0.414. The molecule has 0 amide bonds. The van der Waals surface area contributed by atoms with Gasteiger partial charge in [-0.25, -0.2) is 0 Å². The Morgan fingerprint density at radius 2 is 2.17 bits per heavy atom. The summed E-state index contributed by atoms with van der Waals surface area (Å²) in [6.07, 6.45) is 4.70. The molecule has 1 N–H and O–H groups in total. The molecule has 1 unspecified atom stereocenters. The van der Waals surface area contributed by atoms with Crippen molar-refractivity contribution in [2.45, 2.75) is 45.6 Å². The van der Waals surface area contributed by atoms with Crippen LogP contribution in [0.2, 0.25) is 0 Å². The van der Waals surface area contributed by atoms with Crippen molar-refractivity contribution in [3.63, 3.8) is 0 Å². The van der Waals surface area contributed by atoms with Crippen molar-refractivity contribution in [3.05, 3.63) is 28.2 Å². The molecule has 2 nitrogen and oxygen atoms in total. The monoisotopic (exact) mass is 313 g/mol. The molecule has 0 aliphatic heterocycles. The first-order valence-corrected chi connectivity index (χ1v) is 7.52. The van der Waals surface area contributed by atoms with Gasteiger partial charge in [0.05, 0.1) is 7.11 Å². The smallest absolute Gasteiger partial charge is 0.119 e. The van der Waals surface area contributed by atoms with Crippen molar-refractivity contribution in [1.82, 2.24) is 5.32 Å². The van der Waals surface area contributed by atoms with E-state index in [0.717, 1.165) is 18.7 Å². The van der Waals surface area contributed by atoms with Gasteiger partial charge in [0.15, 0.2) is 0 Å². The van der Waals surface area contributed by atoms with Crippen molar-refractivity contribution in [3.8, 4) is 5.75 Å². The zero-order valence-electron chi connectivity index (χ0n) is 11.6. The van der Waals surface area contributed by atoms with Crippen LogP contribution in [0.25, 0.3) is 0 Å². The minimum atomic E-state index is 0.606. The van der Waals surface area contributed by atoms with E-state index < -0.39 is 0 Å². The zero-order chi connectivity index (χ0) is 13.4. The van der Waals surface area contributed by atoms with E-state index in [9.17, 15) is 0 Å². The summed E-state index contributed by atoms with van der Waals surface area (Å²) < 4.78 is 6.44. The molecule has 1 atom stereocenters. The topological polar surface area (TPSA) is 21.3 Å². The second kappa shape index (κ2) is 8.54. The molecule has 0 aliphatic carbocycles. The highest BCUT2D eigenvalue weighted by Gasteiger charge is 2.04. The van der Waals surface area contributed by atoms with Gasteiger partial charge in [0.25, 0.3) is 0 Å². The number of rotatable bonds is 8. The van der Waals surface area contributed by atoms with Crippen LogP contribution in [-0.4, -0.2) is 19.7 Å². The van der Waals surface area contributed by atoms with Gasteiger partial charge in [-0.05, 0) is 62.9 Å². The van der Waals surface area contributed by atoms with Gasteiger partial charge in [0, 0.05) is 10.5 Å². The summed E-state index contributed by atoms with van der Waals surface area (Å²) in [5.74, 6) is 0.936. The van der Waals surface area contributed by atoms with Gasteiger partial charge in [-0.3, -0.25) is 0 Å². The highest BCUT2D eigenvalue weighted by molar-refractivity contribution is 9.10. The number of aryl methyl sites for hydroxylation is 1. The Hall–Kier alpha value is -0.540. The third-order valence-electron chi connectivity index (χ3n) is 3.08. The quantitative estimate of drug-likeness (QED) is 0.777. The van der Waals surface area contributed by atoms with Crippen LogP contribution < -0.4 is 10.1 Å². The average Bonchev–Trinajstić information content (AvgIpc) is 2.38. The first-order chi connectivity index (χ1) is 8.67. The molecule has 18 heavy (non-hydrogen) atoms. The fourth-order valence-electron chi connectivity index (χ4n) is 1.96. The molecule has 0 aromatic heterocycles. The lowest BCUT2D eigenvalue weighted by atomic mass is 10.1. The summed E-state index contributed by atoms with van der Waals surface area (Å²) in [4.78, 5) is 0. The molecule has 0 spiro atoms. The first-order valence-electron chi connectivity index (χ1n) is 6.73. The van der Waals surface area contributed by atoms with Crippen LogP contribution in [-0.2, 0) is 6.42 Å². The predicted molar refractivity (Wildman–Crippen MR) is 81.4 cm³/mol. The second-order valence-electron chi connectivity index (χ2n) is 4.70. The summed E-state index contributed by atoms with van der Waals surface area (Å²) in [5.41, 5.74) is 1.33. The van der Waals surface area contributed by atoms with E-state index in [1.165, 1.54) is 29.3 Å². The number of nitrogens with one attached hydrogen (secondary N) is 1. The minimum Gasteiger partial charge on any atom is -0.497 e. The van der Waals surface area contributed by atoms with Gasteiger partial charge in [-0.15, -0.1) is 0 Å². The van der Waals surface area contributed by atoms with E-state index in [1.807, 2.05) is 6.07 Å². The molecule has 0 saturated carbocycles. The Balaban J connectivity index is 2.38. The van der Waals surface area contributed by atoms with Gasteiger partial charge in [-0.1, -0.05) is 22.9 Å². The van der Waals surface area contributed by atoms with E-state index in [1.54, 1.807) is 7.11 Å². The molecule has 102 valence electrons. The maximum Gasteiger partial charge on any atom is 0.119 e. The molecule has 0 saturated heterocycles. The Morgan fingerprint density at radius 1 is 1.39 bits per heavy atom. The van der Waals surface area contributed by atoms with Crippen molar-refractivity contribution in [2.24, 2.45) is 0 Å². The predicted octanol–water partition coefficient (Wildman–Crippen LogP) is 4.17. The van der Waals surface area contributed by atoms with Gasteiger partial charge in [0.2, 0.25) is 0 Å². The fraction of sp³-hybridized carbons (Fsp3) is 0.600. The number of hydrogen-bond donors (Lipinski definition) is 1. The normalized spacial score (nSPS) is 12.4. The van der Waals surface area contributed by atoms with Crippen LogP contribution in [0.1, 0.15) is 38.7 Å². The number of benzene rings is 1. The second-order valence-corrected chi connectivity index (χ2v) is 5.56. The summed E-state index contributed by atoms with van der Waals surface area (Å²) >= 11 is 3.60. The highest BCUT2D eigenvalue weighted by Crippen LogP contribution is 2.24. The third kappa shape index (κ3) is 5.40. The van der Waals surface area contributed by atoms with E-state index in [-0.39, 0.29) is 0 Å². The van der Waals surface area contributed by atoms with Gasteiger partial charge >= 0.3 is 0 Å². The molecule has 0 aliphatic rings. The molecule has 0 radical (unpaired) electrons. The third-order valence-corrected chi connectivity index (χ3v) is 3.85. The molecule has 3 heteroatoms. The van der Waals surface area contributed by atoms with Crippen molar-refractivity contribution >= 4 is 15.9 Å². The van der Waals surface area contributed by atoms with Crippen LogP contribution in [0.5, 0.6) is 5.75 Å². The SMILES string of the molecule is CCCNC(C)CCCc1cc(OC)ccc1Br. The van der Waals surface area contributed by atoms with Crippen molar-refractivity contribution in [2.75, 3.05) is 13.7 Å². The van der Waals surface area contributed by atoms with Crippen LogP contribution in [0.4, 0.5) is 0 Å². The molecule has 1 aromatic carbocycles. The number of methoxy groups -OCH3 is 1. The number of ether oxygens (including phenoxy) is 1.